The van der Waals surface area contributed by atoms with Crippen LogP contribution in [-0.2, 0) is 15.4 Å². The Morgan fingerprint density at radius 3 is 2.46 bits per heavy atom. The van der Waals surface area contributed by atoms with Gasteiger partial charge in [0, 0.05) is 25.0 Å². The molecule has 26 heavy (non-hydrogen) atoms. The van der Waals surface area contributed by atoms with Crippen molar-refractivity contribution >= 4 is 21.5 Å². The predicted molar refractivity (Wildman–Crippen MR) is 103 cm³/mol. The molecule has 0 unspecified atom stereocenters. The van der Waals surface area contributed by atoms with Gasteiger partial charge in [-0.2, -0.15) is 5.10 Å². The van der Waals surface area contributed by atoms with Gasteiger partial charge in [0.1, 0.15) is 0 Å². The largest absolute Gasteiger partial charge is 0.355 e. The third-order valence-electron chi connectivity index (χ3n) is 5.72. The molecule has 6 nitrogen and oxygen atoms in total. The molecule has 1 aromatic carbocycles. The number of rotatable bonds is 3. The molecular weight excluding hydrogens is 348 g/mol. The van der Waals surface area contributed by atoms with E-state index >= 15 is 0 Å². The molecule has 2 aliphatic heterocycles. The van der Waals surface area contributed by atoms with Crippen LogP contribution in [-0.4, -0.2) is 44.0 Å². The Labute approximate surface area is 154 Å². The molecule has 7 heteroatoms. The molecule has 0 atom stereocenters. The summed E-state index contributed by atoms with van der Waals surface area (Å²) >= 11 is 0. The monoisotopic (exact) mass is 372 g/mol. The highest BCUT2D eigenvalue weighted by atomic mass is 32.2. The molecule has 1 fully saturated rings. The molecular formula is C19H24N4O2S. The van der Waals surface area contributed by atoms with Gasteiger partial charge in [-0.1, -0.05) is 18.2 Å². The van der Waals surface area contributed by atoms with Crippen LogP contribution in [0.25, 0.3) is 0 Å². The second kappa shape index (κ2) is 6.23. The van der Waals surface area contributed by atoms with E-state index in [0.29, 0.717) is 6.54 Å². The molecule has 4 rings (SSSR count). The van der Waals surface area contributed by atoms with E-state index in [1.54, 1.807) is 11.2 Å². The minimum Gasteiger partial charge on any atom is -0.355 e. The van der Waals surface area contributed by atoms with E-state index in [9.17, 15) is 8.42 Å². The summed E-state index contributed by atoms with van der Waals surface area (Å²) in [6.45, 7) is 5.90. The molecule has 2 aliphatic rings. The number of hydrogen-bond acceptors (Lipinski definition) is 5. The Bertz CT molecular complexity index is 903. The highest BCUT2D eigenvalue weighted by Crippen LogP contribution is 2.48. The van der Waals surface area contributed by atoms with Gasteiger partial charge in [0.25, 0.3) is 0 Å². The van der Waals surface area contributed by atoms with Crippen molar-refractivity contribution in [1.29, 1.82) is 0 Å². The predicted octanol–water partition coefficient (Wildman–Crippen LogP) is 2.49. The van der Waals surface area contributed by atoms with E-state index < -0.39 is 10.0 Å². The van der Waals surface area contributed by atoms with Crippen molar-refractivity contribution in [2.75, 3.05) is 34.6 Å². The number of nitrogens with zero attached hydrogens (tertiary/aromatic N) is 4. The maximum Gasteiger partial charge on any atom is 0.234 e. The zero-order valence-corrected chi connectivity index (χ0v) is 16.0. The van der Waals surface area contributed by atoms with Gasteiger partial charge in [-0.05, 0) is 50.5 Å². The van der Waals surface area contributed by atoms with Crippen molar-refractivity contribution in [2.45, 2.75) is 32.1 Å². The SMILES string of the molecule is CCS(=O)(=O)N1CC2(CCN(c3ccc(C)nn3)CC2)c2ccccc21. The van der Waals surface area contributed by atoms with E-state index in [1.807, 2.05) is 37.3 Å². The minimum absolute atomic E-state index is 0.104. The van der Waals surface area contributed by atoms with Crippen LogP contribution < -0.4 is 9.21 Å². The van der Waals surface area contributed by atoms with Crippen LogP contribution in [0, 0.1) is 6.92 Å². The number of anilines is 2. The van der Waals surface area contributed by atoms with Crippen LogP contribution in [0.2, 0.25) is 0 Å². The summed E-state index contributed by atoms with van der Waals surface area (Å²) in [6, 6.07) is 12.0. The van der Waals surface area contributed by atoms with Gasteiger partial charge in [-0.25, -0.2) is 8.42 Å². The van der Waals surface area contributed by atoms with Gasteiger partial charge in [0.2, 0.25) is 10.0 Å². The first-order valence-corrected chi connectivity index (χ1v) is 10.7. The van der Waals surface area contributed by atoms with E-state index in [-0.39, 0.29) is 11.2 Å². The summed E-state index contributed by atoms with van der Waals surface area (Å²) in [6.07, 6.45) is 1.82. The van der Waals surface area contributed by atoms with Gasteiger partial charge in [-0.3, -0.25) is 4.31 Å². The fraction of sp³-hybridized carbons (Fsp3) is 0.474. The summed E-state index contributed by atoms with van der Waals surface area (Å²) in [7, 11) is -3.26. The first-order valence-electron chi connectivity index (χ1n) is 9.10. The molecule has 0 bridgehead atoms. The second-order valence-electron chi connectivity index (χ2n) is 7.22. The van der Waals surface area contributed by atoms with Gasteiger partial charge >= 0.3 is 0 Å². The summed E-state index contributed by atoms with van der Waals surface area (Å²) in [4.78, 5) is 2.25. The second-order valence-corrected chi connectivity index (χ2v) is 9.41. The fourth-order valence-electron chi connectivity index (χ4n) is 4.14. The Hall–Kier alpha value is -2.15. The third kappa shape index (κ3) is 2.74. The number of aromatic nitrogens is 2. The van der Waals surface area contributed by atoms with Crippen molar-refractivity contribution in [3.8, 4) is 0 Å². The van der Waals surface area contributed by atoms with Crippen molar-refractivity contribution in [2.24, 2.45) is 0 Å². The van der Waals surface area contributed by atoms with Crippen LogP contribution in [0.5, 0.6) is 0 Å². The molecule has 1 saturated heterocycles. The smallest absolute Gasteiger partial charge is 0.234 e. The third-order valence-corrected chi connectivity index (χ3v) is 7.45. The Balaban J connectivity index is 1.61. The molecule has 1 aromatic heterocycles. The summed E-state index contributed by atoms with van der Waals surface area (Å²) in [5.41, 5.74) is 2.84. The standard InChI is InChI=1S/C19H24N4O2S/c1-3-26(24,25)23-14-19(16-6-4-5-7-17(16)23)10-12-22(13-11-19)18-9-8-15(2)20-21-18/h4-9H,3,10-14H2,1-2H3. The quantitative estimate of drug-likeness (QED) is 0.828. The molecule has 138 valence electrons. The molecule has 0 saturated carbocycles. The number of piperidine rings is 1. The normalized spacial score (nSPS) is 19.0. The number of aryl methyl sites for hydroxylation is 1. The summed E-state index contributed by atoms with van der Waals surface area (Å²) in [5, 5.41) is 8.45. The zero-order valence-electron chi connectivity index (χ0n) is 15.2. The zero-order chi connectivity index (χ0) is 18.4. The van der Waals surface area contributed by atoms with Crippen LogP contribution in [0.15, 0.2) is 36.4 Å². The molecule has 3 heterocycles. The topological polar surface area (TPSA) is 66.4 Å². The molecule has 1 spiro atoms. The average molecular weight is 372 g/mol. The summed E-state index contributed by atoms with van der Waals surface area (Å²) in [5.74, 6) is 1.03. The van der Waals surface area contributed by atoms with E-state index in [0.717, 1.165) is 43.1 Å². The van der Waals surface area contributed by atoms with Gasteiger partial charge < -0.3 is 4.90 Å². The lowest BCUT2D eigenvalue weighted by Gasteiger charge is -2.40. The Kier molecular flexibility index (Phi) is 4.14. The highest BCUT2D eigenvalue weighted by Gasteiger charge is 2.47. The molecule has 0 radical (unpaired) electrons. The lowest BCUT2D eigenvalue weighted by Crippen LogP contribution is -2.46. The van der Waals surface area contributed by atoms with Crippen LogP contribution in [0.1, 0.15) is 31.0 Å². The minimum atomic E-state index is -3.26. The number of benzene rings is 1. The maximum atomic E-state index is 12.6. The first-order chi connectivity index (χ1) is 12.5. The summed E-state index contributed by atoms with van der Waals surface area (Å²) < 4.78 is 26.8. The van der Waals surface area contributed by atoms with Crippen molar-refractivity contribution in [3.63, 3.8) is 0 Å². The number of para-hydroxylation sites is 1. The van der Waals surface area contributed by atoms with Crippen molar-refractivity contribution in [1.82, 2.24) is 10.2 Å². The van der Waals surface area contributed by atoms with Gasteiger partial charge in [0.05, 0.1) is 17.1 Å². The molecule has 2 aromatic rings. The van der Waals surface area contributed by atoms with Crippen LogP contribution >= 0.6 is 0 Å². The average Bonchev–Trinajstić information content (AvgIpc) is 2.99. The maximum absolute atomic E-state index is 12.6. The highest BCUT2D eigenvalue weighted by molar-refractivity contribution is 7.92. The van der Waals surface area contributed by atoms with Crippen molar-refractivity contribution in [3.05, 3.63) is 47.7 Å². The van der Waals surface area contributed by atoms with E-state index in [4.69, 9.17) is 0 Å². The van der Waals surface area contributed by atoms with Gasteiger partial charge in [-0.15, -0.1) is 5.10 Å². The molecule has 0 aliphatic carbocycles. The fourth-order valence-corrected chi connectivity index (χ4v) is 5.36. The lowest BCUT2D eigenvalue weighted by atomic mass is 9.74. The molecule has 0 amide bonds. The number of sulfonamides is 1. The Morgan fingerprint density at radius 1 is 1.08 bits per heavy atom. The molecule has 0 N–H and O–H groups in total. The lowest BCUT2D eigenvalue weighted by molar-refractivity contribution is 0.355. The van der Waals surface area contributed by atoms with E-state index in [1.165, 1.54) is 5.56 Å². The van der Waals surface area contributed by atoms with Crippen LogP contribution in [0.3, 0.4) is 0 Å². The van der Waals surface area contributed by atoms with Crippen LogP contribution in [0.4, 0.5) is 11.5 Å². The van der Waals surface area contributed by atoms with E-state index in [2.05, 4.69) is 21.2 Å². The van der Waals surface area contributed by atoms with Gasteiger partial charge in [0.15, 0.2) is 5.82 Å². The Morgan fingerprint density at radius 2 is 1.81 bits per heavy atom. The number of hydrogen-bond donors (Lipinski definition) is 0. The number of fused-ring (bicyclic) bond motifs is 2. The first kappa shape index (κ1) is 17.3. The van der Waals surface area contributed by atoms with Crippen molar-refractivity contribution < 1.29 is 8.42 Å².